The zero-order valence-corrected chi connectivity index (χ0v) is 14.6. The van der Waals surface area contributed by atoms with Crippen molar-refractivity contribution in [2.75, 3.05) is 39.6 Å². The molecule has 2 rings (SSSR count). The van der Waals surface area contributed by atoms with Gasteiger partial charge in [-0.15, -0.1) is 0 Å². The van der Waals surface area contributed by atoms with Crippen LogP contribution >= 0.6 is 0 Å². The molecule has 0 spiro atoms. The van der Waals surface area contributed by atoms with Gasteiger partial charge in [0, 0.05) is 25.0 Å². The lowest BCUT2D eigenvalue weighted by Gasteiger charge is -2.11. The van der Waals surface area contributed by atoms with E-state index in [4.69, 9.17) is 0 Å². The predicted octanol–water partition coefficient (Wildman–Crippen LogP) is 1.90. The molecule has 0 atom stereocenters. The molecule has 2 aromatic rings. The number of hydrogen-bond donors (Lipinski definition) is 2. The summed E-state index contributed by atoms with van der Waals surface area (Å²) in [5.74, 6) is -0.552. The van der Waals surface area contributed by atoms with Gasteiger partial charge in [-0.2, -0.15) is 0 Å². The summed E-state index contributed by atoms with van der Waals surface area (Å²) in [5.41, 5.74) is 2.42. The Morgan fingerprint density at radius 2 is 1.80 bits per heavy atom. The number of nitrogens with zero attached hydrogens (tertiary/aromatic N) is 2. The van der Waals surface area contributed by atoms with Crippen LogP contribution < -0.4 is 10.6 Å². The predicted molar refractivity (Wildman–Crippen MR) is 96.2 cm³/mol. The van der Waals surface area contributed by atoms with E-state index in [9.17, 15) is 9.59 Å². The first-order chi connectivity index (χ1) is 12.0. The van der Waals surface area contributed by atoms with Gasteiger partial charge in [0.2, 0.25) is 0 Å². The van der Waals surface area contributed by atoms with E-state index in [1.165, 1.54) is 13.3 Å². The van der Waals surface area contributed by atoms with Crippen molar-refractivity contribution in [3.8, 4) is 0 Å². The average Bonchev–Trinajstić information content (AvgIpc) is 2.61. The lowest BCUT2D eigenvalue weighted by atomic mass is 10.2. The molecule has 1 amide bonds. The minimum absolute atomic E-state index is 0.168. The maximum atomic E-state index is 12.1. The van der Waals surface area contributed by atoms with Gasteiger partial charge in [0.1, 0.15) is 0 Å². The molecule has 1 aromatic heterocycles. The van der Waals surface area contributed by atoms with Crippen molar-refractivity contribution in [1.29, 1.82) is 0 Å². The highest BCUT2D eigenvalue weighted by Gasteiger charge is 2.08. The van der Waals surface area contributed by atoms with Crippen LogP contribution in [0.25, 0.3) is 0 Å². The molecule has 0 unspecified atom stereocenters. The Hall–Kier alpha value is -2.93. The van der Waals surface area contributed by atoms with Gasteiger partial charge in [-0.1, -0.05) is 0 Å². The number of pyridine rings is 1. The number of likely N-dealkylation sites (N-methyl/N-ethyl adjacent to an activating group) is 1. The van der Waals surface area contributed by atoms with Crippen LogP contribution in [0.4, 0.5) is 11.4 Å². The van der Waals surface area contributed by atoms with Gasteiger partial charge in [-0.05, 0) is 44.4 Å². The normalized spacial score (nSPS) is 10.4. The summed E-state index contributed by atoms with van der Waals surface area (Å²) in [6.45, 7) is 1.34. The molecular weight excluding hydrogens is 320 g/mol. The third-order valence-corrected chi connectivity index (χ3v) is 3.44. The van der Waals surface area contributed by atoms with E-state index in [-0.39, 0.29) is 11.9 Å². The number of nitrogens with one attached hydrogen (secondary N) is 2. The minimum atomic E-state index is -0.385. The van der Waals surface area contributed by atoms with Crippen LogP contribution in [0.3, 0.4) is 0 Å². The van der Waals surface area contributed by atoms with Crippen molar-refractivity contribution < 1.29 is 14.3 Å². The molecule has 0 aliphatic carbocycles. The van der Waals surface area contributed by atoms with Crippen molar-refractivity contribution in [2.45, 2.75) is 0 Å². The van der Waals surface area contributed by atoms with E-state index in [0.29, 0.717) is 23.4 Å². The van der Waals surface area contributed by atoms with E-state index in [1.807, 2.05) is 19.0 Å². The molecule has 2 N–H and O–H groups in total. The number of esters is 1. The van der Waals surface area contributed by atoms with Gasteiger partial charge >= 0.3 is 5.97 Å². The van der Waals surface area contributed by atoms with Crippen LogP contribution in [-0.2, 0) is 4.74 Å². The average molecular weight is 342 g/mol. The summed E-state index contributed by atoms with van der Waals surface area (Å²) in [4.78, 5) is 29.7. The number of benzene rings is 1. The number of carbonyl (C=O) groups excluding carboxylic acids is 2. The Balaban J connectivity index is 2.01. The second-order valence-corrected chi connectivity index (χ2v) is 5.72. The van der Waals surface area contributed by atoms with Gasteiger partial charge in [0.25, 0.3) is 5.91 Å². The summed E-state index contributed by atoms with van der Waals surface area (Å²) in [6.07, 6.45) is 3.15. The maximum Gasteiger partial charge on any atom is 0.337 e. The number of rotatable bonds is 7. The van der Waals surface area contributed by atoms with Crippen LogP contribution in [0.5, 0.6) is 0 Å². The van der Waals surface area contributed by atoms with Crippen molar-refractivity contribution in [1.82, 2.24) is 15.2 Å². The quantitative estimate of drug-likeness (QED) is 0.748. The molecule has 132 valence electrons. The number of hydrogen-bond acceptors (Lipinski definition) is 6. The van der Waals surface area contributed by atoms with Gasteiger partial charge < -0.3 is 20.3 Å². The third-order valence-electron chi connectivity index (χ3n) is 3.44. The standard InChI is InChI=1S/C18H22N4O3/c1-22(2)9-8-20-17(23)14-10-16(12-19-11-14)21-15-6-4-13(5-7-15)18(24)25-3/h4-7,10-12,21H,8-9H2,1-3H3,(H,20,23). The summed E-state index contributed by atoms with van der Waals surface area (Å²) >= 11 is 0. The molecule has 0 aliphatic heterocycles. The molecule has 1 heterocycles. The van der Waals surface area contributed by atoms with E-state index < -0.39 is 0 Å². The van der Waals surface area contributed by atoms with Gasteiger partial charge in [-0.25, -0.2) is 4.79 Å². The Bertz CT molecular complexity index is 729. The summed E-state index contributed by atoms with van der Waals surface area (Å²) < 4.78 is 4.67. The van der Waals surface area contributed by atoms with Crippen molar-refractivity contribution in [3.05, 3.63) is 53.9 Å². The van der Waals surface area contributed by atoms with Crippen LogP contribution in [0.1, 0.15) is 20.7 Å². The molecule has 0 saturated heterocycles. The fourth-order valence-corrected chi connectivity index (χ4v) is 2.10. The smallest absolute Gasteiger partial charge is 0.337 e. The van der Waals surface area contributed by atoms with Gasteiger partial charge in [0.15, 0.2) is 0 Å². The zero-order valence-electron chi connectivity index (χ0n) is 14.6. The van der Waals surface area contributed by atoms with Gasteiger partial charge in [0.05, 0.1) is 30.1 Å². The minimum Gasteiger partial charge on any atom is -0.465 e. The Kier molecular flexibility index (Phi) is 6.47. The summed E-state index contributed by atoms with van der Waals surface area (Å²) in [6, 6.07) is 8.58. The first kappa shape index (κ1) is 18.4. The lowest BCUT2D eigenvalue weighted by molar-refractivity contribution is 0.0600. The lowest BCUT2D eigenvalue weighted by Crippen LogP contribution is -2.31. The molecule has 7 heteroatoms. The number of anilines is 2. The zero-order chi connectivity index (χ0) is 18.2. The van der Waals surface area contributed by atoms with E-state index in [1.54, 1.807) is 36.5 Å². The Labute approximate surface area is 147 Å². The van der Waals surface area contributed by atoms with Crippen molar-refractivity contribution in [3.63, 3.8) is 0 Å². The topological polar surface area (TPSA) is 83.6 Å². The van der Waals surface area contributed by atoms with E-state index >= 15 is 0 Å². The van der Waals surface area contributed by atoms with E-state index in [2.05, 4.69) is 20.4 Å². The largest absolute Gasteiger partial charge is 0.465 e. The summed E-state index contributed by atoms with van der Waals surface area (Å²) in [7, 11) is 5.24. The molecule has 0 radical (unpaired) electrons. The molecular formula is C18H22N4O3. The van der Waals surface area contributed by atoms with Crippen LogP contribution in [0.2, 0.25) is 0 Å². The molecule has 25 heavy (non-hydrogen) atoms. The molecule has 1 aromatic carbocycles. The monoisotopic (exact) mass is 342 g/mol. The number of aromatic nitrogens is 1. The second kappa shape index (κ2) is 8.79. The first-order valence-corrected chi connectivity index (χ1v) is 7.83. The first-order valence-electron chi connectivity index (χ1n) is 7.83. The van der Waals surface area contributed by atoms with Crippen molar-refractivity contribution in [2.24, 2.45) is 0 Å². The molecule has 0 aliphatic rings. The Morgan fingerprint density at radius 1 is 1.08 bits per heavy atom. The third kappa shape index (κ3) is 5.58. The SMILES string of the molecule is COC(=O)c1ccc(Nc2cncc(C(=O)NCCN(C)C)c2)cc1. The van der Waals surface area contributed by atoms with Crippen LogP contribution in [-0.4, -0.2) is 56.1 Å². The van der Waals surface area contributed by atoms with Crippen molar-refractivity contribution >= 4 is 23.3 Å². The highest BCUT2D eigenvalue weighted by Crippen LogP contribution is 2.17. The maximum absolute atomic E-state index is 12.1. The molecule has 0 saturated carbocycles. The molecule has 7 nitrogen and oxygen atoms in total. The molecule has 0 bridgehead atoms. The van der Waals surface area contributed by atoms with Crippen LogP contribution in [0.15, 0.2) is 42.7 Å². The second-order valence-electron chi connectivity index (χ2n) is 5.72. The fraction of sp³-hybridized carbons (Fsp3) is 0.278. The molecule has 0 fully saturated rings. The highest BCUT2D eigenvalue weighted by atomic mass is 16.5. The number of methoxy groups -OCH3 is 1. The summed E-state index contributed by atoms with van der Waals surface area (Å²) in [5, 5.41) is 6.00. The van der Waals surface area contributed by atoms with Crippen LogP contribution in [0, 0.1) is 0 Å². The number of amides is 1. The number of carbonyl (C=O) groups is 2. The highest BCUT2D eigenvalue weighted by molar-refractivity contribution is 5.95. The van der Waals surface area contributed by atoms with Gasteiger partial charge in [-0.3, -0.25) is 9.78 Å². The fourth-order valence-electron chi connectivity index (χ4n) is 2.10. The van der Waals surface area contributed by atoms with E-state index in [0.717, 1.165) is 12.2 Å². The Morgan fingerprint density at radius 3 is 2.44 bits per heavy atom. The number of ether oxygens (including phenoxy) is 1.